The van der Waals surface area contributed by atoms with Gasteiger partial charge >= 0.3 is 19.7 Å². The summed E-state index contributed by atoms with van der Waals surface area (Å²) in [5, 5.41) is 9.54. The predicted molar refractivity (Wildman–Crippen MR) is 137 cm³/mol. The molecule has 16 heteroatoms. The van der Waals surface area contributed by atoms with E-state index < -0.39 is 50.1 Å². The minimum Gasteiger partial charge on any atom is -0.468 e. The van der Waals surface area contributed by atoms with Crippen molar-refractivity contribution in [1.82, 2.24) is 20.3 Å². The van der Waals surface area contributed by atoms with Gasteiger partial charge in [0.15, 0.2) is 0 Å². The second-order valence-corrected chi connectivity index (χ2v) is 11.1. The molecule has 39 heavy (non-hydrogen) atoms. The molecule has 3 N–H and O–H groups in total. The molecule has 0 saturated carbocycles. The summed E-state index contributed by atoms with van der Waals surface area (Å²) in [4.78, 5) is 44.1. The molecule has 210 valence electrons. The Hall–Kier alpha value is -3.45. The SMILES string of the molecule is COC(=O)[C@H](Cc1c[nH]c2ccccc12)NP(=O)(OC)OC[C@H]1O[C@@H](N2CC(C)C(=O)NC2=O)C[C@@H]1N=[N+]=[N-]. The van der Waals surface area contributed by atoms with Gasteiger partial charge in [0.25, 0.3) is 0 Å². The Balaban J connectivity index is 1.45. The topological polar surface area (TPSA) is 197 Å². The van der Waals surface area contributed by atoms with E-state index >= 15 is 0 Å². The predicted octanol–water partition coefficient (Wildman–Crippen LogP) is 2.59. The first-order chi connectivity index (χ1) is 18.7. The average Bonchev–Trinajstić information content (AvgIpc) is 3.53. The molecule has 0 aliphatic carbocycles. The highest BCUT2D eigenvalue weighted by atomic mass is 31.2. The van der Waals surface area contributed by atoms with Crippen molar-refractivity contribution in [1.29, 1.82) is 0 Å². The summed E-state index contributed by atoms with van der Waals surface area (Å²) < 4.78 is 35.1. The van der Waals surface area contributed by atoms with Crippen molar-refractivity contribution in [2.24, 2.45) is 11.0 Å². The van der Waals surface area contributed by atoms with Gasteiger partial charge in [-0.2, -0.15) is 0 Å². The lowest BCUT2D eigenvalue weighted by Gasteiger charge is -2.34. The van der Waals surface area contributed by atoms with E-state index in [4.69, 9.17) is 24.1 Å². The molecule has 0 spiro atoms. The van der Waals surface area contributed by atoms with Crippen LogP contribution in [0, 0.1) is 5.92 Å². The molecule has 2 unspecified atom stereocenters. The maximum absolute atomic E-state index is 13.5. The maximum atomic E-state index is 13.5. The first-order valence-electron chi connectivity index (χ1n) is 12.2. The largest absolute Gasteiger partial charge is 0.468 e. The number of rotatable bonds is 11. The molecule has 0 radical (unpaired) electrons. The Morgan fingerprint density at radius 2 is 2.13 bits per heavy atom. The van der Waals surface area contributed by atoms with Gasteiger partial charge < -0.3 is 19.0 Å². The smallest absolute Gasteiger partial charge is 0.406 e. The standard InChI is InChI=1S/C23H30N7O8P/c1-13-11-30(23(33)26-21(13)31)20-9-17(27-29-24)19(38-20)12-37-39(34,36-3)28-18(22(32)35-2)8-14-10-25-16-7-5-4-6-15(14)16/h4-7,10,13,17-20,25H,8-9,11-12H2,1-3H3,(H,28,34)(H,26,31,33)/t13?,17-,18-,19+,20+,39?/m0/s1. The summed E-state index contributed by atoms with van der Waals surface area (Å²) >= 11 is 0. The number of H-pyrrole nitrogens is 1. The van der Waals surface area contributed by atoms with E-state index in [1.807, 2.05) is 24.3 Å². The highest BCUT2D eigenvalue weighted by Crippen LogP contribution is 2.45. The molecule has 15 nitrogen and oxygen atoms in total. The van der Waals surface area contributed by atoms with Crippen LogP contribution in [-0.4, -0.2) is 79.6 Å². The van der Waals surface area contributed by atoms with Crippen LogP contribution in [0.4, 0.5) is 4.79 Å². The number of aromatic amines is 1. The molecule has 4 rings (SSSR count). The fourth-order valence-corrected chi connectivity index (χ4v) is 5.81. The molecule has 2 saturated heterocycles. The molecule has 2 aromatic rings. The number of para-hydroxylation sites is 1. The van der Waals surface area contributed by atoms with Gasteiger partial charge in [-0.3, -0.25) is 24.3 Å². The summed E-state index contributed by atoms with van der Waals surface area (Å²) in [5.41, 5.74) is 10.7. The van der Waals surface area contributed by atoms with Crippen LogP contribution in [0.15, 0.2) is 35.6 Å². The van der Waals surface area contributed by atoms with Crippen molar-refractivity contribution in [2.75, 3.05) is 27.4 Å². The lowest BCUT2D eigenvalue weighted by atomic mass is 10.1. The van der Waals surface area contributed by atoms with Crippen LogP contribution in [0.1, 0.15) is 18.9 Å². The number of carbonyl (C=O) groups is 3. The van der Waals surface area contributed by atoms with E-state index in [-0.39, 0.29) is 31.9 Å². The quantitative estimate of drug-likeness (QED) is 0.121. The summed E-state index contributed by atoms with van der Waals surface area (Å²) in [6, 6.07) is 5.07. The van der Waals surface area contributed by atoms with Crippen LogP contribution in [0.2, 0.25) is 0 Å². The van der Waals surface area contributed by atoms with Crippen molar-refractivity contribution in [2.45, 2.75) is 44.2 Å². The Morgan fingerprint density at radius 1 is 1.36 bits per heavy atom. The minimum atomic E-state index is -4.10. The van der Waals surface area contributed by atoms with Gasteiger partial charge in [-0.1, -0.05) is 30.2 Å². The first-order valence-corrected chi connectivity index (χ1v) is 13.7. The molecule has 1 aromatic carbocycles. The summed E-state index contributed by atoms with van der Waals surface area (Å²) in [6.07, 6.45) is 0.329. The Labute approximate surface area is 223 Å². The lowest BCUT2D eigenvalue weighted by molar-refractivity contribution is -0.142. The van der Waals surface area contributed by atoms with E-state index in [2.05, 4.69) is 25.4 Å². The molecule has 2 aliphatic heterocycles. The third-order valence-corrected chi connectivity index (χ3v) is 8.31. The zero-order chi connectivity index (χ0) is 28.2. The number of benzene rings is 1. The first kappa shape index (κ1) is 28.6. The number of azide groups is 1. The fourth-order valence-electron chi connectivity index (χ4n) is 4.60. The second kappa shape index (κ2) is 12.2. The van der Waals surface area contributed by atoms with Crippen LogP contribution in [0.5, 0.6) is 0 Å². The zero-order valence-corrected chi connectivity index (χ0v) is 22.5. The summed E-state index contributed by atoms with van der Waals surface area (Å²) in [5.74, 6) is -1.52. The Kier molecular flexibility index (Phi) is 8.90. The average molecular weight is 564 g/mol. The Bertz CT molecular complexity index is 1330. The third-order valence-electron chi connectivity index (χ3n) is 6.71. The third kappa shape index (κ3) is 6.41. The number of ether oxygens (including phenoxy) is 2. The molecular weight excluding hydrogens is 533 g/mol. The van der Waals surface area contributed by atoms with E-state index in [0.717, 1.165) is 23.6 Å². The summed E-state index contributed by atoms with van der Waals surface area (Å²) in [7, 11) is -1.72. The number of hydrogen-bond donors (Lipinski definition) is 3. The van der Waals surface area contributed by atoms with Gasteiger partial charge in [-0.25, -0.2) is 14.4 Å². The van der Waals surface area contributed by atoms with E-state index in [1.54, 1.807) is 13.1 Å². The van der Waals surface area contributed by atoms with E-state index in [1.165, 1.54) is 12.0 Å². The highest BCUT2D eigenvalue weighted by molar-refractivity contribution is 7.51. The van der Waals surface area contributed by atoms with Crippen LogP contribution in [0.25, 0.3) is 21.3 Å². The van der Waals surface area contributed by atoms with Crippen LogP contribution < -0.4 is 10.4 Å². The van der Waals surface area contributed by atoms with Gasteiger partial charge in [0.2, 0.25) is 5.91 Å². The maximum Gasteiger partial charge on any atom is 0.406 e. The number of amides is 3. The number of methoxy groups -OCH3 is 1. The van der Waals surface area contributed by atoms with Crippen LogP contribution in [0.3, 0.4) is 0 Å². The molecular formula is C23H30N7O8P. The van der Waals surface area contributed by atoms with Crippen LogP contribution >= 0.6 is 7.75 Å². The minimum absolute atomic E-state index is 0.123. The molecule has 6 atom stereocenters. The fraction of sp³-hybridized carbons (Fsp3) is 0.522. The normalized spacial score (nSPS) is 25.6. The molecule has 3 amide bonds. The van der Waals surface area contributed by atoms with Gasteiger partial charge in [0, 0.05) is 48.5 Å². The van der Waals surface area contributed by atoms with Crippen LogP contribution in [-0.2, 0) is 39.1 Å². The molecule has 0 bridgehead atoms. The van der Waals surface area contributed by atoms with Crippen molar-refractivity contribution < 1.29 is 37.5 Å². The van der Waals surface area contributed by atoms with Crippen molar-refractivity contribution >= 4 is 36.6 Å². The zero-order valence-electron chi connectivity index (χ0n) is 21.6. The second-order valence-electron chi connectivity index (χ2n) is 9.23. The number of imide groups is 1. The van der Waals surface area contributed by atoms with Crippen molar-refractivity contribution in [3.63, 3.8) is 0 Å². The van der Waals surface area contributed by atoms with Crippen molar-refractivity contribution in [3.8, 4) is 0 Å². The number of urea groups is 1. The monoisotopic (exact) mass is 563 g/mol. The number of aromatic nitrogens is 1. The number of hydrogen-bond acceptors (Lipinski definition) is 9. The highest BCUT2D eigenvalue weighted by Gasteiger charge is 2.44. The van der Waals surface area contributed by atoms with Gasteiger partial charge in [0.1, 0.15) is 12.3 Å². The molecule has 2 fully saturated rings. The van der Waals surface area contributed by atoms with Gasteiger partial charge in [0.05, 0.1) is 31.8 Å². The number of nitrogens with one attached hydrogen (secondary N) is 3. The van der Waals surface area contributed by atoms with E-state index in [0.29, 0.717) is 0 Å². The van der Waals surface area contributed by atoms with Crippen molar-refractivity contribution in [3.05, 3.63) is 46.5 Å². The molecule has 2 aliphatic rings. The number of fused-ring (bicyclic) bond motifs is 1. The number of carbonyl (C=O) groups excluding carboxylic acids is 3. The molecule has 3 heterocycles. The molecule has 1 aromatic heterocycles. The number of nitrogens with zero attached hydrogens (tertiary/aromatic N) is 4. The summed E-state index contributed by atoms with van der Waals surface area (Å²) in [6.45, 7) is 1.45. The lowest BCUT2D eigenvalue weighted by Crippen LogP contribution is -2.57. The van der Waals surface area contributed by atoms with Gasteiger partial charge in [-0.15, -0.1) is 0 Å². The van der Waals surface area contributed by atoms with E-state index in [9.17, 15) is 18.9 Å². The Morgan fingerprint density at radius 3 is 2.85 bits per heavy atom. The number of esters is 1. The van der Waals surface area contributed by atoms with Gasteiger partial charge in [-0.05, 0) is 17.2 Å².